The molecule has 1 aromatic carbocycles. The largest absolute Gasteiger partial charge is 0.338 e. The Labute approximate surface area is 163 Å². The van der Waals surface area contributed by atoms with Crippen LogP contribution in [0.15, 0.2) is 36.7 Å². The average molecular weight is 369 g/mol. The lowest BCUT2D eigenvalue weighted by Gasteiger charge is -2.33. The van der Waals surface area contributed by atoms with Crippen LogP contribution in [-0.2, 0) is 6.54 Å². The molecule has 1 aliphatic rings. The minimum atomic E-state index is 0.140. The normalized spacial score (nSPS) is 17.7. The molecule has 146 valence electrons. The number of likely N-dealkylation sites (tertiary alicyclic amines) is 1. The highest BCUT2D eigenvalue weighted by Gasteiger charge is 2.28. The Morgan fingerprint density at radius 2 is 2.00 bits per heavy atom. The summed E-state index contributed by atoms with van der Waals surface area (Å²) in [6.45, 7) is 7.85. The fourth-order valence-corrected chi connectivity index (χ4v) is 3.74. The first-order valence-electron chi connectivity index (χ1n) is 10.0. The highest BCUT2D eigenvalue weighted by atomic mass is 16.2. The van der Waals surface area contributed by atoms with Gasteiger partial charge in [0, 0.05) is 50.1 Å². The van der Waals surface area contributed by atoms with Crippen molar-refractivity contribution in [2.75, 3.05) is 33.7 Å². The van der Waals surface area contributed by atoms with Crippen LogP contribution >= 0.6 is 0 Å². The highest BCUT2D eigenvalue weighted by molar-refractivity contribution is 5.94. The topological polar surface area (TPSA) is 41.4 Å². The van der Waals surface area contributed by atoms with Gasteiger partial charge in [-0.05, 0) is 50.6 Å². The summed E-state index contributed by atoms with van der Waals surface area (Å²) in [7, 11) is 4.17. The molecule has 1 fully saturated rings. The van der Waals surface area contributed by atoms with Crippen LogP contribution in [0.3, 0.4) is 0 Å². The predicted molar refractivity (Wildman–Crippen MR) is 109 cm³/mol. The maximum absolute atomic E-state index is 13.0. The molecule has 0 N–H and O–H groups in total. The van der Waals surface area contributed by atoms with Crippen LogP contribution in [0.25, 0.3) is 0 Å². The van der Waals surface area contributed by atoms with Crippen LogP contribution in [0, 0.1) is 0 Å². The quantitative estimate of drug-likeness (QED) is 0.782. The molecule has 0 bridgehead atoms. The third-order valence-electron chi connectivity index (χ3n) is 5.43. The van der Waals surface area contributed by atoms with Crippen molar-refractivity contribution in [3.63, 3.8) is 0 Å². The predicted octanol–water partition coefficient (Wildman–Crippen LogP) is 3.59. The smallest absolute Gasteiger partial charge is 0.253 e. The summed E-state index contributed by atoms with van der Waals surface area (Å²) >= 11 is 0. The summed E-state index contributed by atoms with van der Waals surface area (Å²) < 4.78 is 2.25. The van der Waals surface area contributed by atoms with Gasteiger partial charge in [0.05, 0.1) is 0 Å². The second-order valence-electron chi connectivity index (χ2n) is 8.15. The minimum Gasteiger partial charge on any atom is -0.338 e. The first-order chi connectivity index (χ1) is 13.0. The summed E-state index contributed by atoms with van der Waals surface area (Å²) in [5.41, 5.74) is 2.06. The van der Waals surface area contributed by atoms with Crippen LogP contribution in [0.5, 0.6) is 0 Å². The molecule has 5 nitrogen and oxygen atoms in total. The van der Waals surface area contributed by atoms with Crippen LogP contribution in [0.4, 0.5) is 0 Å². The number of piperidine rings is 1. The number of carbonyl (C=O) groups excluding carboxylic acids is 1. The summed E-state index contributed by atoms with van der Waals surface area (Å²) in [6, 6.07) is 8.10. The molecular weight excluding hydrogens is 336 g/mol. The number of hydrogen-bond donors (Lipinski definition) is 0. The first-order valence-corrected chi connectivity index (χ1v) is 10.0. The van der Waals surface area contributed by atoms with Gasteiger partial charge >= 0.3 is 0 Å². The number of carbonyl (C=O) groups is 1. The Bertz CT molecular complexity index is 748. The van der Waals surface area contributed by atoms with E-state index in [2.05, 4.69) is 60.7 Å². The molecule has 27 heavy (non-hydrogen) atoms. The third-order valence-corrected chi connectivity index (χ3v) is 5.43. The number of likely N-dealkylation sites (N-methyl/N-ethyl adjacent to an activating group) is 1. The molecule has 1 saturated heterocycles. The highest BCUT2D eigenvalue weighted by Crippen LogP contribution is 2.27. The Balaban J connectivity index is 1.69. The Kier molecular flexibility index (Phi) is 6.32. The van der Waals surface area contributed by atoms with E-state index in [1.165, 1.54) is 5.56 Å². The first kappa shape index (κ1) is 19.6. The van der Waals surface area contributed by atoms with E-state index in [-0.39, 0.29) is 5.91 Å². The molecule has 0 aliphatic carbocycles. The number of nitrogens with zero attached hydrogens (tertiary/aromatic N) is 4. The van der Waals surface area contributed by atoms with Crippen molar-refractivity contribution >= 4 is 5.91 Å². The molecule has 2 aromatic rings. The Morgan fingerprint density at radius 3 is 2.67 bits per heavy atom. The molecular formula is C22H32N4O. The van der Waals surface area contributed by atoms with Crippen molar-refractivity contribution in [1.82, 2.24) is 19.4 Å². The number of rotatable bonds is 6. The zero-order chi connectivity index (χ0) is 19.4. The zero-order valence-electron chi connectivity index (χ0n) is 17.1. The van der Waals surface area contributed by atoms with Gasteiger partial charge in [0.1, 0.15) is 5.82 Å². The van der Waals surface area contributed by atoms with Crippen molar-refractivity contribution in [1.29, 1.82) is 0 Å². The van der Waals surface area contributed by atoms with Gasteiger partial charge in [-0.3, -0.25) is 4.79 Å². The molecule has 0 saturated carbocycles. The van der Waals surface area contributed by atoms with E-state index in [0.717, 1.165) is 50.4 Å². The van der Waals surface area contributed by atoms with Crippen molar-refractivity contribution in [2.24, 2.45) is 0 Å². The zero-order valence-corrected chi connectivity index (χ0v) is 17.1. The van der Waals surface area contributed by atoms with Crippen molar-refractivity contribution in [2.45, 2.75) is 45.1 Å². The van der Waals surface area contributed by atoms with Gasteiger partial charge in [-0.1, -0.05) is 26.0 Å². The molecule has 1 amide bonds. The van der Waals surface area contributed by atoms with Gasteiger partial charge < -0.3 is 14.4 Å². The van der Waals surface area contributed by atoms with Gasteiger partial charge in [0.2, 0.25) is 0 Å². The molecule has 1 aromatic heterocycles. The van der Waals surface area contributed by atoms with Gasteiger partial charge in [0.25, 0.3) is 5.91 Å². The fourth-order valence-electron chi connectivity index (χ4n) is 3.74. The average Bonchev–Trinajstić information content (AvgIpc) is 3.14. The summed E-state index contributed by atoms with van der Waals surface area (Å²) in [6.07, 6.45) is 6.07. The van der Waals surface area contributed by atoms with E-state index in [1.54, 1.807) is 0 Å². The van der Waals surface area contributed by atoms with Crippen molar-refractivity contribution in [3.05, 3.63) is 53.6 Å². The number of amides is 1. The molecule has 0 unspecified atom stereocenters. The monoisotopic (exact) mass is 368 g/mol. The lowest BCUT2D eigenvalue weighted by atomic mass is 9.96. The number of hydrogen-bond acceptors (Lipinski definition) is 3. The number of benzene rings is 1. The molecule has 1 aliphatic heterocycles. The van der Waals surface area contributed by atoms with E-state index in [1.807, 2.05) is 23.2 Å². The third kappa shape index (κ3) is 4.78. The van der Waals surface area contributed by atoms with Gasteiger partial charge in [-0.25, -0.2) is 4.98 Å². The van der Waals surface area contributed by atoms with Gasteiger partial charge in [0.15, 0.2) is 0 Å². The second kappa shape index (κ2) is 8.70. The summed E-state index contributed by atoms with van der Waals surface area (Å²) in [4.78, 5) is 21.8. The molecule has 1 atom stereocenters. The van der Waals surface area contributed by atoms with E-state index < -0.39 is 0 Å². The second-order valence-corrected chi connectivity index (χ2v) is 8.15. The SMILES string of the molecule is CC(C)c1ccc(C(=O)N2CCC[C@@H](c3nccn3CCN(C)C)C2)cc1. The Morgan fingerprint density at radius 1 is 1.26 bits per heavy atom. The van der Waals surface area contributed by atoms with E-state index >= 15 is 0 Å². The van der Waals surface area contributed by atoms with E-state index in [4.69, 9.17) is 0 Å². The molecule has 5 heteroatoms. The summed E-state index contributed by atoms with van der Waals surface area (Å²) in [5, 5.41) is 0. The molecule has 3 rings (SSSR count). The van der Waals surface area contributed by atoms with Gasteiger partial charge in [-0.2, -0.15) is 0 Å². The molecule has 0 radical (unpaired) electrons. The lowest BCUT2D eigenvalue weighted by molar-refractivity contribution is 0.0703. The van der Waals surface area contributed by atoms with Crippen LogP contribution in [-0.4, -0.2) is 59.0 Å². The van der Waals surface area contributed by atoms with Crippen LogP contribution in [0.2, 0.25) is 0 Å². The van der Waals surface area contributed by atoms with Crippen molar-refractivity contribution in [3.8, 4) is 0 Å². The van der Waals surface area contributed by atoms with Crippen LogP contribution in [0.1, 0.15) is 60.3 Å². The summed E-state index contributed by atoms with van der Waals surface area (Å²) in [5.74, 6) is 2.05. The van der Waals surface area contributed by atoms with Crippen molar-refractivity contribution < 1.29 is 4.79 Å². The Hall–Kier alpha value is -2.14. The van der Waals surface area contributed by atoms with E-state index in [9.17, 15) is 4.79 Å². The number of imidazole rings is 1. The maximum atomic E-state index is 13.0. The fraction of sp³-hybridized carbons (Fsp3) is 0.545. The molecule has 0 spiro atoms. The maximum Gasteiger partial charge on any atom is 0.253 e. The standard InChI is InChI=1S/C22H32N4O/c1-17(2)18-7-9-19(10-8-18)22(27)26-12-5-6-20(16-26)21-23-11-13-25(21)15-14-24(3)4/h7-11,13,17,20H,5-6,12,14-16H2,1-4H3/t20-/m1/s1. The number of aromatic nitrogens is 2. The van der Waals surface area contributed by atoms with Crippen LogP contribution < -0.4 is 0 Å². The minimum absolute atomic E-state index is 0.140. The molecule has 2 heterocycles. The van der Waals surface area contributed by atoms with E-state index in [0.29, 0.717) is 11.8 Å². The lowest BCUT2D eigenvalue weighted by Crippen LogP contribution is -2.40. The van der Waals surface area contributed by atoms with Gasteiger partial charge in [-0.15, -0.1) is 0 Å².